The topological polar surface area (TPSA) is 12.0 Å². The van der Waals surface area contributed by atoms with Gasteiger partial charge in [0.15, 0.2) is 0 Å². The van der Waals surface area contributed by atoms with E-state index in [9.17, 15) is 4.39 Å². The molecule has 0 radical (unpaired) electrons. The second-order valence-electron chi connectivity index (χ2n) is 3.93. The molecule has 0 aliphatic heterocycles. The second-order valence-corrected chi connectivity index (χ2v) is 4.34. The van der Waals surface area contributed by atoms with Gasteiger partial charge in [-0.2, -0.15) is 0 Å². The zero-order valence-corrected chi connectivity index (χ0v) is 10.6. The molecule has 1 unspecified atom stereocenters. The Balaban J connectivity index is 2.90. The van der Waals surface area contributed by atoms with Gasteiger partial charge in [0.05, 0.1) is 0 Å². The van der Waals surface area contributed by atoms with Crippen LogP contribution in [0.25, 0.3) is 0 Å². The third-order valence-corrected chi connectivity index (χ3v) is 2.90. The molecule has 0 amide bonds. The van der Waals surface area contributed by atoms with Crippen LogP contribution in [0.4, 0.5) is 4.39 Å². The largest absolute Gasteiger partial charge is 0.310 e. The Morgan fingerprint density at radius 1 is 1.31 bits per heavy atom. The van der Waals surface area contributed by atoms with Gasteiger partial charge in [-0.25, -0.2) is 4.39 Å². The molecule has 1 nitrogen and oxygen atoms in total. The van der Waals surface area contributed by atoms with Crippen molar-refractivity contribution in [2.24, 2.45) is 0 Å². The molecule has 0 spiro atoms. The maximum atomic E-state index is 13.7. The van der Waals surface area contributed by atoms with Crippen molar-refractivity contribution in [1.29, 1.82) is 0 Å². The van der Waals surface area contributed by atoms with Gasteiger partial charge in [-0.1, -0.05) is 37.9 Å². The third-order valence-electron chi connectivity index (χ3n) is 2.57. The molecule has 1 rings (SSSR count). The van der Waals surface area contributed by atoms with E-state index in [-0.39, 0.29) is 11.9 Å². The summed E-state index contributed by atoms with van der Waals surface area (Å²) >= 11 is 6.06. The molecule has 1 atom stereocenters. The van der Waals surface area contributed by atoms with Crippen LogP contribution < -0.4 is 5.32 Å². The van der Waals surface area contributed by atoms with Gasteiger partial charge in [-0.05, 0) is 31.5 Å². The average molecular weight is 244 g/mol. The van der Waals surface area contributed by atoms with Gasteiger partial charge in [-0.3, -0.25) is 0 Å². The molecule has 0 saturated heterocycles. The SMILES string of the molecule is CCCNC(CCC)c1c(F)cccc1Cl. The van der Waals surface area contributed by atoms with E-state index < -0.39 is 0 Å². The van der Waals surface area contributed by atoms with Crippen molar-refractivity contribution < 1.29 is 4.39 Å². The van der Waals surface area contributed by atoms with Crippen LogP contribution in [0, 0.1) is 5.82 Å². The zero-order valence-electron chi connectivity index (χ0n) is 9.89. The van der Waals surface area contributed by atoms with Crippen molar-refractivity contribution in [3.8, 4) is 0 Å². The number of hydrogen-bond acceptors (Lipinski definition) is 1. The summed E-state index contributed by atoms with van der Waals surface area (Å²) in [7, 11) is 0. The highest BCUT2D eigenvalue weighted by atomic mass is 35.5. The molecule has 90 valence electrons. The summed E-state index contributed by atoms with van der Waals surface area (Å²) in [5, 5.41) is 3.86. The quantitative estimate of drug-likeness (QED) is 0.785. The summed E-state index contributed by atoms with van der Waals surface area (Å²) in [6.45, 7) is 5.07. The highest BCUT2D eigenvalue weighted by molar-refractivity contribution is 6.31. The molecule has 0 fully saturated rings. The zero-order chi connectivity index (χ0) is 12.0. The van der Waals surface area contributed by atoms with Crippen LogP contribution in [0.5, 0.6) is 0 Å². The summed E-state index contributed by atoms with van der Waals surface area (Å²) < 4.78 is 13.7. The van der Waals surface area contributed by atoms with E-state index in [0.717, 1.165) is 25.8 Å². The number of hydrogen-bond donors (Lipinski definition) is 1. The van der Waals surface area contributed by atoms with Crippen LogP contribution >= 0.6 is 11.6 Å². The molecule has 0 bridgehead atoms. The van der Waals surface area contributed by atoms with E-state index in [4.69, 9.17) is 11.6 Å². The molecule has 0 aliphatic rings. The standard InChI is InChI=1S/C13H19ClFN/c1-3-6-12(16-9-4-2)13-10(14)7-5-8-11(13)15/h5,7-8,12,16H,3-4,6,9H2,1-2H3. The fraction of sp³-hybridized carbons (Fsp3) is 0.538. The van der Waals surface area contributed by atoms with E-state index >= 15 is 0 Å². The molecule has 0 heterocycles. The fourth-order valence-electron chi connectivity index (χ4n) is 1.80. The van der Waals surface area contributed by atoms with Crippen LogP contribution in [-0.4, -0.2) is 6.54 Å². The highest BCUT2D eigenvalue weighted by Crippen LogP contribution is 2.28. The van der Waals surface area contributed by atoms with Crippen LogP contribution in [0.3, 0.4) is 0 Å². The van der Waals surface area contributed by atoms with Crippen LogP contribution in [0.1, 0.15) is 44.7 Å². The monoisotopic (exact) mass is 243 g/mol. The Morgan fingerprint density at radius 2 is 2.06 bits per heavy atom. The Bertz CT molecular complexity index is 307. The molecule has 16 heavy (non-hydrogen) atoms. The minimum absolute atomic E-state index is 0.0265. The van der Waals surface area contributed by atoms with Gasteiger partial charge in [0.25, 0.3) is 0 Å². The number of benzene rings is 1. The molecule has 3 heteroatoms. The van der Waals surface area contributed by atoms with E-state index in [1.54, 1.807) is 12.1 Å². The van der Waals surface area contributed by atoms with E-state index in [1.807, 2.05) is 0 Å². The lowest BCUT2D eigenvalue weighted by Crippen LogP contribution is -2.23. The van der Waals surface area contributed by atoms with Crippen LogP contribution in [-0.2, 0) is 0 Å². The third kappa shape index (κ3) is 3.46. The molecule has 0 aromatic heterocycles. The average Bonchev–Trinajstić information content (AvgIpc) is 2.25. The lowest BCUT2D eigenvalue weighted by atomic mass is 10.0. The first-order chi connectivity index (χ1) is 7.70. The summed E-state index contributed by atoms with van der Waals surface area (Å²) in [6, 6.07) is 4.89. The van der Waals surface area contributed by atoms with Crippen molar-refractivity contribution >= 4 is 11.6 Å². The highest BCUT2D eigenvalue weighted by Gasteiger charge is 2.17. The summed E-state index contributed by atoms with van der Waals surface area (Å²) in [4.78, 5) is 0. The first-order valence-corrected chi connectivity index (χ1v) is 6.25. The molecular weight excluding hydrogens is 225 g/mol. The van der Waals surface area contributed by atoms with Gasteiger partial charge >= 0.3 is 0 Å². The van der Waals surface area contributed by atoms with Crippen LogP contribution in [0.15, 0.2) is 18.2 Å². The fourth-order valence-corrected chi connectivity index (χ4v) is 2.09. The number of rotatable bonds is 6. The Hall–Kier alpha value is -0.600. The van der Waals surface area contributed by atoms with E-state index in [2.05, 4.69) is 19.2 Å². The van der Waals surface area contributed by atoms with Gasteiger partial charge in [0, 0.05) is 16.6 Å². The maximum Gasteiger partial charge on any atom is 0.129 e. The predicted octanol–water partition coefficient (Wildman–Crippen LogP) is 4.32. The Morgan fingerprint density at radius 3 is 2.62 bits per heavy atom. The Labute approximate surface area is 102 Å². The Kier molecular flexibility index (Phi) is 5.78. The van der Waals surface area contributed by atoms with Crippen LogP contribution in [0.2, 0.25) is 5.02 Å². The maximum absolute atomic E-state index is 13.7. The summed E-state index contributed by atoms with van der Waals surface area (Å²) in [5.41, 5.74) is 0.611. The van der Waals surface area contributed by atoms with Crippen molar-refractivity contribution in [2.45, 2.75) is 39.2 Å². The molecule has 0 aliphatic carbocycles. The van der Waals surface area contributed by atoms with Gasteiger partial charge in [0.2, 0.25) is 0 Å². The molecular formula is C13H19ClFN. The minimum Gasteiger partial charge on any atom is -0.310 e. The van der Waals surface area contributed by atoms with Crippen molar-refractivity contribution in [1.82, 2.24) is 5.32 Å². The first kappa shape index (κ1) is 13.5. The van der Waals surface area contributed by atoms with Gasteiger partial charge in [0.1, 0.15) is 5.82 Å². The summed E-state index contributed by atoms with van der Waals surface area (Å²) in [6.07, 6.45) is 2.94. The number of halogens is 2. The van der Waals surface area contributed by atoms with Gasteiger partial charge < -0.3 is 5.32 Å². The minimum atomic E-state index is -0.213. The lowest BCUT2D eigenvalue weighted by Gasteiger charge is -2.20. The van der Waals surface area contributed by atoms with Crippen molar-refractivity contribution in [3.05, 3.63) is 34.6 Å². The van der Waals surface area contributed by atoms with Crippen molar-refractivity contribution in [3.63, 3.8) is 0 Å². The predicted molar refractivity (Wildman–Crippen MR) is 67.4 cm³/mol. The molecule has 1 aromatic rings. The van der Waals surface area contributed by atoms with E-state index in [0.29, 0.717) is 10.6 Å². The molecule has 0 saturated carbocycles. The van der Waals surface area contributed by atoms with Gasteiger partial charge in [-0.15, -0.1) is 0 Å². The molecule has 1 aromatic carbocycles. The molecule has 1 N–H and O–H groups in total. The van der Waals surface area contributed by atoms with E-state index in [1.165, 1.54) is 6.07 Å². The number of nitrogens with one attached hydrogen (secondary N) is 1. The lowest BCUT2D eigenvalue weighted by molar-refractivity contribution is 0.470. The second kappa shape index (κ2) is 6.87. The van der Waals surface area contributed by atoms with Crippen molar-refractivity contribution in [2.75, 3.05) is 6.54 Å². The first-order valence-electron chi connectivity index (χ1n) is 5.88. The normalized spacial score (nSPS) is 12.8. The summed E-state index contributed by atoms with van der Waals surface area (Å²) in [5.74, 6) is -0.213. The smallest absolute Gasteiger partial charge is 0.129 e.